The van der Waals surface area contributed by atoms with Crippen LogP contribution in [0.4, 0.5) is 0 Å². The molecule has 5 nitrogen and oxygen atoms in total. The first-order chi connectivity index (χ1) is 8.08. The minimum atomic E-state index is -1.26. The smallest absolute Gasteiger partial charge is 0.228 e. The molecule has 1 aromatic carbocycles. The van der Waals surface area contributed by atoms with Crippen LogP contribution in [-0.4, -0.2) is 46.5 Å². The minimum absolute atomic E-state index is 0.0608. The number of hydrogen-bond donors (Lipinski definition) is 3. The van der Waals surface area contributed by atoms with E-state index in [1.807, 2.05) is 19.1 Å². The van der Waals surface area contributed by atoms with Gasteiger partial charge in [-0.25, -0.2) is 0 Å². The Kier molecular flexibility index (Phi) is 3.63. The number of rotatable bonds is 2. The van der Waals surface area contributed by atoms with E-state index < -0.39 is 24.6 Å². The molecule has 0 radical (unpaired) electrons. The molecule has 0 bridgehead atoms. The number of aryl methyl sites for hydroxylation is 1. The highest BCUT2D eigenvalue weighted by Crippen LogP contribution is 2.20. The van der Waals surface area contributed by atoms with Gasteiger partial charge in [0.2, 0.25) is 6.29 Å². The maximum Gasteiger partial charge on any atom is 0.228 e. The monoisotopic (exact) mass is 240 g/mol. The summed E-state index contributed by atoms with van der Waals surface area (Å²) in [5, 5.41) is 28.4. The molecule has 0 aliphatic carbocycles. The van der Waals surface area contributed by atoms with Crippen molar-refractivity contribution < 1.29 is 24.8 Å². The Morgan fingerprint density at radius 3 is 2.41 bits per heavy atom. The molecule has 5 heteroatoms. The lowest BCUT2D eigenvalue weighted by Crippen LogP contribution is -2.54. The molecule has 0 unspecified atom stereocenters. The third kappa shape index (κ3) is 2.76. The van der Waals surface area contributed by atoms with E-state index in [9.17, 15) is 15.3 Å². The number of aliphatic hydroxyl groups excluding tert-OH is 3. The Balaban J connectivity index is 2.01. The van der Waals surface area contributed by atoms with E-state index >= 15 is 0 Å². The average molecular weight is 240 g/mol. The average Bonchev–Trinajstić information content (AvgIpc) is 2.33. The molecular formula is C12H16O5. The second kappa shape index (κ2) is 5.01. The van der Waals surface area contributed by atoms with Crippen molar-refractivity contribution >= 4 is 0 Å². The molecule has 0 saturated carbocycles. The Labute approximate surface area is 99.2 Å². The highest BCUT2D eigenvalue weighted by atomic mass is 16.7. The van der Waals surface area contributed by atoms with Crippen LogP contribution >= 0.6 is 0 Å². The molecule has 17 heavy (non-hydrogen) atoms. The van der Waals surface area contributed by atoms with Gasteiger partial charge in [-0.05, 0) is 19.1 Å². The van der Waals surface area contributed by atoms with Crippen molar-refractivity contribution in [2.45, 2.75) is 31.5 Å². The first-order valence-corrected chi connectivity index (χ1v) is 5.47. The maximum absolute atomic E-state index is 9.66. The number of hydrogen-bond acceptors (Lipinski definition) is 5. The molecular weight excluding hydrogens is 224 g/mol. The number of benzene rings is 1. The number of aliphatic hydroxyl groups is 3. The third-order valence-corrected chi connectivity index (χ3v) is 2.73. The van der Waals surface area contributed by atoms with Crippen LogP contribution < -0.4 is 4.74 Å². The molecule has 2 rings (SSSR count). The molecule has 4 atom stereocenters. The van der Waals surface area contributed by atoms with E-state index in [1.54, 1.807) is 12.1 Å². The molecule has 0 amide bonds. The summed E-state index contributed by atoms with van der Waals surface area (Å²) in [6.45, 7) is 1.89. The van der Waals surface area contributed by atoms with Crippen molar-refractivity contribution in [3.05, 3.63) is 29.8 Å². The summed E-state index contributed by atoms with van der Waals surface area (Å²) in [5.74, 6) is 0.545. The highest BCUT2D eigenvalue weighted by molar-refractivity contribution is 5.26. The van der Waals surface area contributed by atoms with Gasteiger partial charge in [-0.1, -0.05) is 17.7 Å². The van der Waals surface area contributed by atoms with E-state index in [2.05, 4.69) is 0 Å². The molecule has 1 aliphatic rings. The van der Waals surface area contributed by atoms with E-state index in [4.69, 9.17) is 9.47 Å². The Bertz CT molecular complexity index is 364. The normalized spacial score (nSPS) is 33.4. The molecule has 94 valence electrons. The Morgan fingerprint density at radius 2 is 1.76 bits per heavy atom. The summed E-state index contributed by atoms with van der Waals surface area (Å²) < 4.78 is 10.5. The van der Waals surface area contributed by atoms with Gasteiger partial charge in [0.25, 0.3) is 0 Å². The van der Waals surface area contributed by atoms with Crippen LogP contribution in [-0.2, 0) is 4.74 Å². The lowest BCUT2D eigenvalue weighted by molar-refractivity contribution is -0.242. The number of ether oxygens (including phenoxy) is 2. The first-order valence-electron chi connectivity index (χ1n) is 5.47. The first kappa shape index (κ1) is 12.3. The third-order valence-electron chi connectivity index (χ3n) is 2.73. The van der Waals surface area contributed by atoms with Crippen LogP contribution in [0.25, 0.3) is 0 Å². The molecule has 1 heterocycles. The van der Waals surface area contributed by atoms with Crippen molar-refractivity contribution in [2.24, 2.45) is 0 Å². The van der Waals surface area contributed by atoms with Gasteiger partial charge < -0.3 is 24.8 Å². The summed E-state index contributed by atoms with van der Waals surface area (Å²) in [6.07, 6.45) is -4.56. The van der Waals surface area contributed by atoms with Crippen molar-refractivity contribution in [2.75, 3.05) is 6.61 Å². The summed E-state index contributed by atoms with van der Waals surface area (Å²) in [5.41, 5.74) is 1.10. The second-order valence-electron chi connectivity index (χ2n) is 4.18. The minimum Gasteiger partial charge on any atom is -0.462 e. The summed E-state index contributed by atoms with van der Waals surface area (Å²) in [4.78, 5) is 0. The largest absolute Gasteiger partial charge is 0.462 e. The van der Waals surface area contributed by atoms with Crippen molar-refractivity contribution in [3.8, 4) is 5.75 Å². The van der Waals surface area contributed by atoms with E-state index in [0.29, 0.717) is 5.75 Å². The summed E-state index contributed by atoms with van der Waals surface area (Å²) in [6, 6.07) is 7.25. The lowest BCUT2D eigenvalue weighted by atomic mass is 10.1. The van der Waals surface area contributed by atoms with Crippen LogP contribution in [0.1, 0.15) is 5.56 Å². The van der Waals surface area contributed by atoms with Crippen LogP contribution in [0.5, 0.6) is 5.75 Å². The fourth-order valence-electron chi connectivity index (χ4n) is 1.63. The van der Waals surface area contributed by atoms with Crippen LogP contribution in [0.2, 0.25) is 0 Å². The van der Waals surface area contributed by atoms with E-state index in [1.165, 1.54) is 0 Å². The quantitative estimate of drug-likeness (QED) is 0.668. The molecule has 0 spiro atoms. The lowest BCUT2D eigenvalue weighted by Gasteiger charge is -2.34. The van der Waals surface area contributed by atoms with Gasteiger partial charge >= 0.3 is 0 Å². The predicted octanol–water partition coefficient (Wildman–Crippen LogP) is -0.187. The van der Waals surface area contributed by atoms with Gasteiger partial charge in [0.05, 0.1) is 6.61 Å². The molecule has 1 fully saturated rings. The van der Waals surface area contributed by atoms with Gasteiger partial charge in [-0.15, -0.1) is 0 Å². The summed E-state index contributed by atoms with van der Waals surface area (Å²) >= 11 is 0. The molecule has 1 aliphatic heterocycles. The zero-order chi connectivity index (χ0) is 12.4. The Hall–Kier alpha value is -1.14. The second-order valence-corrected chi connectivity index (χ2v) is 4.18. The summed E-state index contributed by atoms with van der Waals surface area (Å²) in [7, 11) is 0. The SMILES string of the molecule is Cc1ccc(O[C@@H]2OC[C@H](O)[C@@H](O)[C@@H]2O)cc1. The zero-order valence-electron chi connectivity index (χ0n) is 9.48. The van der Waals surface area contributed by atoms with Gasteiger partial charge in [0, 0.05) is 0 Å². The van der Waals surface area contributed by atoms with Crippen LogP contribution in [0.3, 0.4) is 0 Å². The van der Waals surface area contributed by atoms with Crippen LogP contribution in [0, 0.1) is 6.92 Å². The van der Waals surface area contributed by atoms with Gasteiger partial charge in [-0.3, -0.25) is 0 Å². The molecule has 1 aromatic rings. The van der Waals surface area contributed by atoms with Crippen molar-refractivity contribution in [1.82, 2.24) is 0 Å². The molecule has 0 aromatic heterocycles. The fourth-order valence-corrected chi connectivity index (χ4v) is 1.63. The van der Waals surface area contributed by atoms with Crippen molar-refractivity contribution in [3.63, 3.8) is 0 Å². The van der Waals surface area contributed by atoms with Crippen LogP contribution in [0.15, 0.2) is 24.3 Å². The van der Waals surface area contributed by atoms with Crippen molar-refractivity contribution in [1.29, 1.82) is 0 Å². The topological polar surface area (TPSA) is 79.2 Å². The molecule has 3 N–H and O–H groups in total. The maximum atomic E-state index is 9.66. The standard InChI is InChI=1S/C12H16O5/c1-7-2-4-8(5-3-7)17-12-11(15)10(14)9(13)6-16-12/h2-5,9-15H,6H2,1H3/t9-,10+,11-,12-/m0/s1. The van der Waals surface area contributed by atoms with Gasteiger partial charge in [0.1, 0.15) is 24.1 Å². The predicted molar refractivity (Wildman–Crippen MR) is 59.6 cm³/mol. The zero-order valence-corrected chi connectivity index (χ0v) is 9.48. The molecule has 1 saturated heterocycles. The fraction of sp³-hybridized carbons (Fsp3) is 0.500. The highest BCUT2D eigenvalue weighted by Gasteiger charge is 2.38. The Morgan fingerprint density at radius 1 is 1.12 bits per heavy atom. The van der Waals surface area contributed by atoms with Gasteiger partial charge in [0.15, 0.2) is 0 Å². The van der Waals surface area contributed by atoms with Gasteiger partial charge in [-0.2, -0.15) is 0 Å². The van der Waals surface area contributed by atoms with E-state index in [0.717, 1.165) is 5.56 Å². The van der Waals surface area contributed by atoms with E-state index in [-0.39, 0.29) is 6.61 Å².